The SMILES string of the molecule is COC(=O)C(Cc1c[nH]c2ccccc12)NC(=O)[C@H](C)c1ccccc1. The molecular weight excluding hydrogens is 328 g/mol. The fraction of sp³-hybridized carbons (Fsp3) is 0.238. The van der Waals surface area contributed by atoms with Gasteiger partial charge in [-0.1, -0.05) is 48.5 Å². The van der Waals surface area contributed by atoms with Gasteiger partial charge in [0.2, 0.25) is 5.91 Å². The summed E-state index contributed by atoms with van der Waals surface area (Å²) >= 11 is 0. The van der Waals surface area contributed by atoms with Crippen molar-refractivity contribution in [1.82, 2.24) is 10.3 Å². The molecule has 1 aromatic heterocycles. The lowest BCUT2D eigenvalue weighted by Gasteiger charge is -2.19. The quantitative estimate of drug-likeness (QED) is 0.671. The van der Waals surface area contributed by atoms with Gasteiger partial charge < -0.3 is 15.0 Å². The molecular formula is C21H22N2O3. The number of aromatic nitrogens is 1. The van der Waals surface area contributed by atoms with Crippen molar-refractivity contribution in [1.29, 1.82) is 0 Å². The number of H-pyrrole nitrogens is 1. The molecule has 1 unspecified atom stereocenters. The second-order valence-corrected chi connectivity index (χ2v) is 6.28. The molecule has 0 aliphatic rings. The lowest BCUT2D eigenvalue weighted by Crippen LogP contribution is -2.44. The smallest absolute Gasteiger partial charge is 0.328 e. The number of esters is 1. The lowest BCUT2D eigenvalue weighted by atomic mass is 9.99. The van der Waals surface area contributed by atoms with Crippen molar-refractivity contribution in [3.05, 3.63) is 71.9 Å². The van der Waals surface area contributed by atoms with Crippen molar-refractivity contribution in [2.75, 3.05) is 7.11 Å². The maximum atomic E-state index is 12.6. The van der Waals surface area contributed by atoms with Gasteiger partial charge in [0.15, 0.2) is 0 Å². The fourth-order valence-corrected chi connectivity index (χ4v) is 3.05. The monoisotopic (exact) mass is 350 g/mol. The summed E-state index contributed by atoms with van der Waals surface area (Å²) in [5.74, 6) is -1.01. The van der Waals surface area contributed by atoms with Crippen molar-refractivity contribution < 1.29 is 14.3 Å². The molecule has 134 valence electrons. The number of aromatic amines is 1. The summed E-state index contributed by atoms with van der Waals surface area (Å²) in [6.45, 7) is 1.82. The number of amides is 1. The molecule has 2 N–H and O–H groups in total. The van der Waals surface area contributed by atoms with Crippen molar-refractivity contribution in [3.8, 4) is 0 Å². The molecule has 2 atom stereocenters. The van der Waals surface area contributed by atoms with Crippen LogP contribution in [0.2, 0.25) is 0 Å². The van der Waals surface area contributed by atoms with E-state index in [0.29, 0.717) is 6.42 Å². The number of methoxy groups -OCH3 is 1. The van der Waals surface area contributed by atoms with Crippen molar-refractivity contribution in [2.45, 2.75) is 25.3 Å². The summed E-state index contributed by atoms with van der Waals surface area (Å²) in [7, 11) is 1.33. The minimum absolute atomic E-state index is 0.202. The molecule has 0 saturated carbocycles. The molecule has 5 nitrogen and oxygen atoms in total. The van der Waals surface area contributed by atoms with Crippen LogP contribution in [-0.4, -0.2) is 30.0 Å². The van der Waals surface area contributed by atoms with Gasteiger partial charge in [0.1, 0.15) is 6.04 Å². The topological polar surface area (TPSA) is 71.2 Å². The Kier molecular flexibility index (Phi) is 5.37. The van der Waals surface area contributed by atoms with Crippen LogP contribution in [-0.2, 0) is 20.7 Å². The zero-order chi connectivity index (χ0) is 18.5. The van der Waals surface area contributed by atoms with Gasteiger partial charge in [0.05, 0.1) is 13.0 Å². The first-order valence-corrected chi connectivity index (χ1v) is 8.58. The van der Waals surface area contributed by atoms with Crippen LogP contribution >= 0.6 is 0 Å². The third kappa shape index (κ3) is 3.77. The first-order chi connectivity index (χ1) is 12.6. The minimum atomic E-state index is -0.738. The normalized spacial score (nSPS) is 13.2. The summed E-state index contributed by atoms with van der Waals surface area (Å²) < 4.78 is 4.90. The Morgan fingerprint density at radius 1 is 1.08 bits per heavy atom. The molecule has 0 radical (unpaired) electrons. The van der Waals surface area contributed by atoms with E-state index in [1.807, 2.05) is 67.7 Å². The number of para-hydroxylation sites is 1. The van der Waals surface area contributed by atoms with Gasteiger partial charge in [-0.15, -0.1) is 0 Å². The molecule has 0 aliphatic heterocycles. The average molecular weight is 350 g/mol. The summed E-state index contributed by atoms with van der Waals surface area (Å²) in [5, 5.41) is 3.88. The maximum absolute atomic E-state index is 12.6. The third-order valence-corrected chi connectivity index (χ3v) is 4.59. The summed E-state index contributed by atoms with van der Waals surface area (Å²) in [4.78, 5) is 28.0. The van der Waals surface area contributed by atoms with Crippen molar-refractivity contribution in [3.63, 3.8) is 0 Å². The molecule has 5 heteroatoms. The zero-order valence-electron chi connectivity index (χ0n) is 14.9. The maximum Gasteiger partial charge on any atom is 0.328 e. The summed E-state index contributed by atoms with van der Waals surface area (Å²) in [6, 6.07) is 16.6. The third-order valence-electron chi connectivity index (χ3n) is 4.59. The summed E-state index contributed by atoms with van der Waals surface area (Å²) in [5.41, 5.74) is 2.86. The number of fused-ring (bicyclic) bond motifs is 1. The lowest BCUT2D eigenvalue weighted by molar-refractivity contribution is -0.145. The molecule has 0 fully saturated rings. The highest BCUT2D eigenvalue weighted by molar-refractivity contribution is 5.89. The Hall–Kier alpha value is -3.08. The number of hydrogen-bond acceptors (Lipinski definition) is 3. The van der Waals surface area contributed by atoms with Gasteiger partial charge >= 0.3 is 5.97 Å². The molecule has 0 spiro atoms. The molecule has 1 heterocycles. The van der Waals surface area contributed by atoms with Crippen LogP contribution in [0.3, 0.4) is 0 Å². The molecule has 2 aromatic carbocycles. The van der Waals surface area contributed by atoms with E-state index < -0.39 is 12.0 Å². The van der Waals surface area contributed by atoms with Crippen molar-refractivity contribution >= 4 is 22.8 Å². The Balaban J connectivity index is 1.78. The number of nitrogens with one attached hydrogen (secondary N) is 2. The van der Waals surface area contributed by atoms with Crippen LogP contribution in [0.25, 0.3) is 10.9 Å². The Morgan fingerprint density at radius 2 is 1.77 bits per heavy atom. The molecule has 3 rings (SSSR count). The molecule has 1 amide bonds. The van der Waals surface area contributed by atoms with Gasteiger partial charge in [-0.05, 0) is 24.1 Å². The highest BCUT2D eigenvalue weighted by Gasteiger charge is 2.26. The van der Waals surface area contributed by atoms with Crippen LogP contribution < -0.4 is 5.32 Å². The first kappa shape index (κ1) is 17.7. The van der Waals surface area contributed by atoms with Crippen molar-refractivity contribution in [2.24, 2.45) is 0 Å². The van der Waals surface area contributed by atoms with E-state index in [0.717, 1.165) is 22.0 Å². The van der Waals surface area contributed by atoms with E-state index in [4.69, 9.17) is 4.74 Å². The van der Waals surface area contributed by atoms with Crippen LogP contribution in [0.15, 0.2) is 60.8 Å². The first-order valence-electron chi connectivity index (χ1n) is 8.58. The summed E-state index contributed by atoms with van der Waals surface area (Å²) in [6.07, 6.45) is 2.23. The Bertz CT molecular complexity index is 902. The van der Waals surface area contributed by atoms with E-state index >= 15 is 0 Å². The Labute approximate surface area is 152 Å². The predicted molar refractivity (Wildman–Crippen MR) is 101 cm³/mol. The second kappa shape index (κ2) is 7.87. The zero-order valence-corrected chi connectivity index (χ0v) is 14.9. The molecule has 0 aliphatic carbocycles. The van der Waals surface area contributed by atoms with Crippen LogP contribution in [0.1, 0.15) is 24.0 Å². The fourth-order valence-electron chi connectivity index (χ4n) is 3.05. The van der Waals surface area contributed by atoms with E-state index in [2.05, 4.69) is 10.3 Å². The van der Waals surface area contributed by atoms with Gasteiger partial charge in [-0.2, -0.15) is 0 Å². The standard InChI is InChI=1S/C21H22N2O3/c1-14(15-8-4-3-5-9-15)20(24)23-19(21(25)26-2)12-16-13-22-18-11-7-6-10-17(16)18/h3-11,13-14,19,22H,12H2,1-2H3,(H,23,24)/t14-,19?/m1/s1. The molecule has 0 saturated heterocycles. The van der Waals surface area contributed by atoms with Gasteiger partial charge in [-0.25, -0.2) is 4.79 Å². The number of rotatable bonds is 6. The van der Waals surface area contributed by atoms with Gasteiger partial charge in [-0.3, -0.25) is 4.79 Å². The van der Waals surface area contributed by atoms with E-state index in [9.17, 15) is 9.59 Å². The number of ether oxygens (including phenoxy) is 1. The number of carbonyl (C=O) groups excluding carboxylic acids is 2. The Morgan fingerprint density at radius 3 is 2.50 bits per heavy atom. The van der Waals surface area contributed by atoms with Gasteiger partial charge in [0.25, 0.3) is 0 Å². The highest BCUT2D eigenvalue weighted by atomic mass is 16.5. The number of carbonyl (C=O) groups is 2. The molecule has 3 aromatic rings. The van der Waals surface area contributed by atoms with E-state index in [1.165, 1.54) is 7.11 Å². The molecule has 0 bridgehead atoms. The predicted octanol–water partition coefficient (Wildman–Crippen LogP) is 3.17. The minimum Gasteiger partial charge on any atom is -0.467 e. The van der Waals surface area contributed by atoms with Crippen LogP contribution in [0.4, 0.5) is 0 Å². The van der Waals surface area contributed by atoms with Crippen LogP contribution in [0.5, 0.6) is 0 Å². The second-order valence-electron chi connectivity index (χ2n) is 6.28. The molecule has 26 heavy (non-hydrogen) atoms. The van der Waals surface area contributed by atoms with E-state index in [-0.39, 0.29) is 11.8 Å². The number of benzene rings is 2. The number of hydrogen-bond donors (Lipinski definition) is 2. The van der Waals surface area contributed by atoms with Crippen LogP contribution in [0, 0.1) is 0 Å². The van der Waals surface area contributed by atoms with E-state index in [1.54, 1.807) is 0 Å². The highest BCUT2D eigenvalue weighted by Crippen LogP contribution is 2.20. The largest absolute Gasteiger partial charge is 0.467 e. The van der Waals surface area contributed by atoms with Gasteiger partial charge in [0, 0.05) is 23.5 Å². The average Bonchev–Trinajstić information content (AvgIpc) is 3.09.